The SMILES string of the molecule is Cc1c(C2CN3CCNCC3CS2)ccc2c1COC2=O. The van der Waals surface area contributed by atoms with Gasteiger partial charge in [-0.2, -0.15) is 11.8 Å². The molecule has 0 aliphatic carbocycles. The van der Waals surface area contributed by atoms with Crippen LogP contribution in [0.1, 0.15) is 32.3 Å². The molecular weight excluding hydrogens is 284 g/mol. The minimum absolute atomic E-state index is 0.168. The van der Waals surface area contributed by atoms with Crippen molar-refractivity contribution in [1.82, 2.24) is 10.2 Å². The van der Waals surface area contributed by atoms with Crippen LogP contribution in [-0.4, -0.2) is 48.8 Å². The van der Waals surface area contributed by atoms with Crippen LogP contribution in [0.2, 0.25) is 0 Å². The molecule has 3 aliphatic rings. The minimum atomic E-state index is -0.168. The maximum absolute atomic E-state index is 11.7. The van der Waals surface area contributed by atoms with Gasteiger partial charge in [0.1, 0.15) is 6.61 Å². The van der Waals surface area contributed by atoms with Gasteiger partial charge in [0.15, 0.2) is 0 Å². The maximum atomic E-state index is 11.7. The zero-order chi connectivity index (χ0) is 14.4. The summed E-state index contributed by atoms with van der Waals surface area (Å²) in [5.41, 5.74) is 4.50. The number of piperazine rings is 1. The van der Waals surface area contributed by atoms with E-state index in [2.05, 4.69) is 35.0 Å². The number of hydrogen-bond acceptors (Lipinski definition) is 5. The summed E-state index contributed by atoms with van der Waals surface area (Å²) in [6.07, 6.45) is 0. The zero-order valence-corrected chi connectivity index (χ0v) is 13.0. The Bertz CT molecular complexity index is 590. The lowest BCUT2D eigenvalue weighted by Gasteiger charge is -2.42. The minimum Gasteiger partial charge on any atom is -0.457 e. The van der Waals surface area contributed by atoms with Crippen LogP contribution >= 0.6 is 11.8 Å². The third kappa shape index (κ3) is 2.28. The summed E-state index contributed by atoms with van der Waals surface area (Å²) in [5.74, 6) is 1.02. The second-order valence-electron chi connectivity index (χ2n) is 6.06. The van der Waals surface area contributed by atoms with Crippen molar-refractivity contribution in [2.75, 3.05) is 31.9 Å². The molecule has 4 rings (SSSR count). The zero-order valence-electron chi connectivity index (χ0n) is 12.2. The molecule has 3 aliphatic heterocycles. The largest absolute Gasteiger partial charge is 0.457 e. The standard InChI is InChI=1S/C16H20N2O2S/c1-10-12(2-3-13-14(10)8-20-16(13)19)15-7-18-5-4-17-6-11(18)9-21-15/h2-3,11,15,17H,4-9H2,1H3. The average molecular weight is 304 g/mol. The lowest BCUT2D eigenvalue weighted by atomic mass is 9.96. The number of ether oxygens (including phenoxy) is 1. The van der Waals surface area contributed by atoms with Crippen LogP contribution in [0.5, 0.6) is 0 Å². The lowest BCUT2D eigenvalue weighted by molar-refractivity contribution is 0.0535. The number of esters is 1. The first-order valence-corrected chi connectivity index (χ1v) is 8.65. The molecule has 1 N–H and O–H groups in total. The quantitative estimate of drug-likeness (QED) is 0.800. The topological polar surface area (TPSA) is 41.6 Å². The second kappa shape index (κ2) is 5.30. The molecule has 2 atom stereocenters. The second-order valence-corrected chi connectivity index (χ2v) is 7.29. The van der Waals surface area contributed by atoms with Gasteiger partial charge >= 0.3 is 5.97 Å². The lowest BCUT2D eigenvalue weighted by Crippen LogP contribution is -2.55. The van der Waals surface area contributed by atoms with Crippen molar-refractivity contribution in [3.05, 3.63) is 34.4 Å². The Morgan fingerprint density at radius 1 is 1.43 bits per heavy atom. The van der Waals surface area contributed by atoms with Gasteiger partial charge in [-0.1, -0.05) is 6.07 Å². The van der Waals surface area contributed by atoms with Crippen LogP contribution in [0.15, 0.2) is 12.1 Å². The van der Waals surface area contributed by atoms with Gasteiger partial charge in [-0.15, -0.1) is 0 Å². The van der Waals surface area contributed by atoms with Crippen LogP contribution in [0.4, 0.5) is 0 Å². The molecule has 0 amide bonds. The predicted octanol–water partition coefficient (Wildman–Crippen LogP) is 1.73. The fourth-order valence-corrected chi connectivity index (χ4v) is 5.12. The van der Waals surface area contributed by atoms with Gasteiger partial charge in [-0.25, -0.2) is 4.79 Å². The molecule has 112 valence electrons. The van der Waals surface area contributed by atoms with Crippen LogP contribution in [0.25, 0.3) is 0 Å². The Morgan fingerprint density at radius 3 is 3.24 bits per heavy atom. The number of benzene rings is 1. The third-order valence-corrected chi connectivity index (χ3v) is 6.30. The summed E-state index contributed by atoms with van der Waals surface area (Å²) in [4.78, 5) is 14.3. The molecule has 4 nitrogen and oxygen atoms in total. The van der Waals surface area contributed by atoms with E-state index < -0.39 is 0 Å². The van der Waals surface area contributed by atoms with Crippen molar-refractivity contribution in [2.45, 2.75) is 24.8 Å². The van der Waals surface area contributed by atoms with Crippen molar-refractivity contribution in [3.63, 3.8) is 0 Å². The highest BCUT2D eigenvalue weighted by Crippen LogP contribution is 2.39. The first-order valence-electron chi connectivity index (χ1n) is 7.60. The number of thioether (sulfide) groups is 1. The highest BCUT2D eigenvalue weighted by molar-refractivity contribution is 7.99. The van der Waals surface area contributed by atoms with Gasteiger partial charge in [0.25, 0.3) is 0 Å². The summed E-state index contributed by atoms with van der Waals surface area (Å²) in [6.45, 7) is 7.06. The number of fused-ring (bicyclic) bond motifs is 2. The van der Waals surface area contributed by atoms with Gasteiger partial charge < -0.3 is 10.1 Å². The molecule has 2 saturated heterocycles. The molecule has 3 heterocycles. The Morgan fingerprint density at radius 2 is 2.33 bits per heavy atom. The number of nitrogens with zero attached hydrogens (tertiary/aromatic N) is 1. The van der Waals surface area contributed by atoms with Crippen LogP contribution < -0.4 is 5.32 Å². The Labute approximate surface area is 129 Å². The highest BCUT2D eigenvalue weighted by Gasteiger charge is 2.33. The van der Waals surface area contributed by atoms with E-state index in [0.717, 1.165) is 37.3 Å². The third-order valence-electron chi connectivity index (χ3n) is 4.92. The molecule has 0 saturated carbocycles. The molecule has 1 aromatic carbocycles. The normalized spacial score (nSPS) is 28.9. The Balaban J connectivity index is 1.61. The molecule has 0 spiro atoms. The molecule has 2 unspecified atom stereocenters. The Hall–Kier alpha value is -1.04. The molecule has 1 aromatic rings. The van der Waals surface area contributed by atoms with Crippen molar-refractivity contribution >= 4 is 17.7 Å². The monoisotopic (exact) mass is 304 g/mol. The number of nitrogens with one attached hydrogen (secondary N) is 1. The number of carbonyl (C=O) groups is 1. The van der Waals surface area contributed by atoms with E-state index in [4.69, 9.17) is 4.74 Å². The average Bonchev–Trinajstić information content (AvgIpc) is 2.90. The number of cyclic esters (lactones) is 1. The van der Waals surface area contributed by atoms with Gasteiger partial charge in [-0.05, 0) is 24.1 Å². The van der Waals surface area contributed by atoms with Gasteiger partial charge in [0, 0.05) is 48.8 Å². The van der Waals surface area contributed by atoms with Crippen LogP contribution in [0.3, 0.4) is 0 Å². The fourth-order valence-electron chi connectivity index (χ4n) is 3.61. The molecule has 21 heavy (non-hydrogen) atoms. The van der Waals surface area contributed by atoms with E-state index in [0.29, 0.717) is 17.9 Å². The summed E-state index contributed by atoms with van der Waals surface area (Å²) in [7, 11) is 0. The predicted molar refractivity (Wildman–Crippen MR) is 83.7 cm³/mol. The van der Waals surface area contributed by atoms with E-state index >= 15 is 0 Å². The number of hydrogen-bond donors (Lipinski definition) is 1. The molecular formula is C16H20N2O2S. The van der Waals surface area contributed by atoms with Crippen LogP contribution in [-0.2, 0) is 11.3 Å². The van der Waals surface area contributed by atoms with E-state index in [1.807, 2.05) is 6.07 Å². The van der Waals surface area contributed by atoms with Crippen molar-refractivity contribution < 1.29 is 9.53 Å². The summed E-state index contributed by atoms with van der Waals surface area (Å²) in [6, 6.07) is 4.78. The van der Waals surface area contributed by atoms with Crippen molar-refractivity contribution in [2.24, 2.45) is 0 Å². The number of rotatable bonds is 1. The summed E-state index contributed by atoms with van der Waals surface area (Å²) < 4.78 is 5.17. The van der Waals surface area contributed by atoms with E-state index in [1.165, 1.54) is 16.9 Å². The molecule has 5 heteroatoms. The van der Waals surface area contributed by atoms with Crippen molar-refractivity contribution in [1.29, 1.82) is 0 Å². The van der Waals surface area contributed by atoms with Crippen LogP contribution in [0, 0.1) is 6.92 Å². The fraction of sp³-hybridized carbons (Fsp3) is 0.562. The maximum Gasteiger partial charge on any atom is 0.338 e. The highest BCUT2D eigenvalue weighted by atomic mass is 32.2. The molecule has 2 fully saturated rings. The molecule has 0 aromatic heterocycles. The van der Waals surface area contributed by atoms with E-state index in [-0.39, 0.29) is 5.97 Å². The first-order chi connectivity index (χ1) is 10.2. The molecule has 0 radical (unpaired) electrons. The summed E-state index contributed by atoms with van der Waals surface area (Å²) in [5, 5.41) is 3.99. The smallest absolute Gasteiger partial charge is 0.338 e. The first kappa shape index (κ1) is 13.6. The van der Waals surface area contributed by atoms with Gasteiger partial charge in [0.2, 0.25) is 0 Å². The number of carbonyl (C=O) groups excluding carboxylic acids is 1. The van der Waals surface area contributed by atoms with Gasteiger partial charge in [-0.3, -0.25) is 4.90 Å². The Kier molecular flexibility index (Phi) is 3.44. The molecule has 0 bridgehead atoms. The van der Waals surface area contributed by atoms with E-state index in [9.17, 15) is 4.79 Å². The van der Waals surface area contributed by atoms with Crippen molar-refractivity contribution in [3.8, 4) is 0 Å². The van der Waals surface area contributed by atoms with Gasteiger partial charge in [0.05, 0.1) is 5.56 Å². The summed E-state index contributed by atoms with van der Waals surface area (Å²) >= 11 is 2.06. The van der Waals surface area contributed by atoms with E-state index in [1.54, 1.807) is 0 Å².